The van der Waals surface area contributed by atoms with Crippen molar-refractivity contribution in [2.75, 3.05) is 64.4 Å². The van der Waals surface area contributed by atoms with Gasteiger partial charge in [0.2, 0.25) is 0 Å². The average Bonchev–Trinajstić information content (AvgIpc) is 2.91. The molecule has 2 aromatic carbocycles. The van der Waals surface area contributed by atoms with Crippen molar-refractivity contribution in [2.24, 2.45) is 5.92 Å². The number of ether oxygens (including phenoxy) is 2. The van der Waals surface area contributed by atoms with Crippen LogP contribution in [0.15, 0.2) is 42.5 Å². The molecular formula is C30H43N3O3. The molecule has 1 amide bonds. The normalized spacial score (nSPS) is 19.0. The van der Waals surface area contributed by atoms with Crippen molar-refractivity contribution in [3.63, 3.8) is 0 Å². The van der Waals surface area contributed by atoms with E-state index in [0.29, 0.717) is 5.92 Å². The fourth-order valence-electron chi connectivity index (χ4n) is 5.39. The highest BCUT2D eigenvalue weighted by molar-refractivity contribution is 5.94. The molecule has 2 fully saturated rings. The van der Waals surface area contributed by atoms with E-state index in [9.17, 15) is 4.79 Å². The lowest BCUT2D eigenvalue weighted by molar-refractivity contribution is 0.0746. The third-order valence-electron chi connectivity index (χ3n) is 7.50. The fraction of sp³-hybridized carbons (Fsp3) is 0.567. The van der Waals surface area contributed by atoms with Crippen LogP contribution in [0.4, 0.5) is 5.69 Å². The molecule has 4 rings (SSSR count). The Morgan fingerprint density at radius 1 is 1.03 bits per heavy atom. The van der Waals surface area contributed by atoms with Crippen molar-refractivity contribution in [3.05, 3.63) is 53.6 Å². The van der Waals surface area contributed by atoms with Gasteiger partial charge in [-0.15, -0.1) is 0 Å². The number of methoxy groups -OCH3 is 1. The predicted octanol–water partition coefficient (Wildman–Crippen LogP) is 5.28. The number of carbonyl (C=O) groups is 1. The SMILES string of the molecule is COc1ccc(C(=O)N2CCN(c3ccc(OCCCN4CCCC(C)C4)cc3)CC2)cc1C(C)C. The zero-order valence-electron chi connectivity index (χ0n) is 22.5. The van der Waals surface area contributed by atoms with E-state index >= 15 is 0 Å². The zero-order chi connectivity index (χ0) is 25.5. The largest absolute Gasteiger partial charge is 0.496 e. The van der Waals surface area contributed by atoms with Crippen molar-refractivity contribution < 1.29 is 14.3 Å². The number of amides is 1. The summed E-state index contributed by atoms with van der Waals surface area (Å²) < 4.78 is 11.5. The van der Waals surface area contributed by atoms with Gasteiger partial charge in [-0.1, -0.05) is 20.8 Å². The van der Waals surface area contributed by atoms with Gasteiger partial charge in [0, 0.05) is 50.5 Å². The Morgan fingerprint density at radius 2 is 1.78 bits per heavy atom. The Hall–Kier alpha value is -2.73. The number of likely N-dealkylation sites (tertiary alicyclic amines) is 1. The summed E-state index contributed by atoms with van der Waals surface area (Å²) in [7, 11) is 1.68. The molecule has 0 aliphatic carbocycles. The van der Waals surface area contributed by atoms with Crippen molar-refractivity contribution in [1.82, 2.24) is 9.80 Å². The molecule has 0 spiro atoms. The van der Waals surface area contributed by atoms with Gasteiger partial charge in [-0.05, 0) is 85.7 Å². The monoisotopic (exact) mass is 493 g/mol. The van der Waals surface area contributed by atoms with Crippen LogP contribution in [0, 0.1) is 5.92 Å². The molecule has 2 aromatic rings. The molecule has 0 radical (unpaired) electrons. The van der Waals surface area contributed by atoms with Gasteiger partial charge in [0.15, 0.2) is 0 Å². The van der Waals surface area contributed by atoms with E-state index in [0.717, 1.165) is 74.3 Å². The Balaban J connectivity index is 1.23. The first-order chi connectivity index (χ1) is 17.4. The minimum atomic E-state index is 0.0990. The van der Waals surface area contributed by atoms with Crippen molar-refractivity contribution in [3.8, 4) is 11.5 Å². The highest BCUT2D eigenvalue weighted by Crippen LogP contribution is 2.28. The van der Waals surface area contributed by atoms with E-state index in [1.807, 2.05) is 23.1 Å². The van der Waals surface area contributed by atoms with Crippen LogP contribution in [-0.2, 0) is 0 Å². The summed E-state index contributed by atoms with van der Waals surface area (Å²) in [5.41, 5.74) is 3.00. The minimum absolute atomic E-state index is 0.0990. The molecule has 1 atom stereocenters. The summed E-state index contributed by atoms with van der Waals surface area (Å²) in [5.74, 6) is 3.00. The zero-order valence-corrected chi connectivity index (χ0v) is 22.5. The molecule has 196 valence electrons. The van der Waals surface area contributed by atoms with Gasteiger partial charge < -0.3 is 24.2 Å². The van der Waals surface area contributed by atoms with Crippen LogP contribution in [0.5, 0.6) is 11.5 Å². The maximum Gasteiger partial charge on any atom is 0.253 e. The number of nitrogens with zero attached hydrogens (tertiary/aromatic N) is 3. The van der Waals surface area contributed by atoms with Crippen LogP contribution in [0.3, 0.4) is 0 Å². The lowest BCUT2D eigenvalue weighted by Gasteiger charge is -2.36. The van der Waals surface area contributed by atoms with Gasteiger partial charge in [-0.3, -0.25) is 4.79 Å². The molecule has 2 heterocycles. The summed E-state index contributed by atoms with van der Waals surface area (Å²) in [6.45, 7) is 14.0. The Labute approximate surface area is 217 Å². The van der Waals surface area contributed by atoms with Crippen LogP contribution in [0.1, 0.15) is 61.9 Å². The molecule has 6 nitrogen and oxygen atoms in total. The van der Waals surface area contributed by atoms with Gasteiger partial charge in [-0.2, -0.15) is 0 Å². The Kier molecular flexibility index (Phi) is 9.13. The first-order valence-electron chi connectivity index (χ1n) is 13.6. The number of piperazine rings is 1. The van der Waals surface area contributed by atoms with Crippen molar-refractivity contribution >= 4 is 11.6 Å². The van der Waals surface area contributed by atoms with Gasteiger partial charge >= 0.3 is 0 Å². The molecule has 2 saturated heterocycles. The maximum absolute atomic E-state index is 13.2. The number of hydrogen-bond donors (Lipinski definition) is 0. The number of carbonyl (C=O) groups excluding carboxylic acids is 1. The topological polar surface area (TPSA) is 45.3 Å². The number of rotatable bonds is 9. The first-order valence-corrected chi connectivity index (χ1v) is 13.6. The van der Waals surface area contributed by atoms with Gasteiger partial charge in [0.05, 0.1) is 13.7 Å². The molecule has 2 aliphatic heterocycles. The number of hydrogen-bond acceptors (Lipinski definition) is 5. The summed E-state index contributed by atoms with van der Waals surface area (Å²) in [6.07, 6.45) is 3.76. The molecule has 6 heteroatoms. The highest BCUT2D eigenvalue weighted by Gasteiger charge is 2.23. The second kappa shape index (κ2) is 12.5. The third kappa shape index (κ3) is 6.73. The predicted molar refractivity (Wildman–Crippen MR) is 147 cm³/mol. The molecule has 2 aliphatic rings. The van der Waals surface area contributed by atoms with Crippen LogP contribution in [0.25, 0.3) is 0 Å². The second-order valence-corrected chi connectivity index (χ2v) is 10.6. The van der Waals surface area contributed by atoms with E-state index in [-0.39, 0.29) is 5.91 Å². The average molecular weight is 494 g/mol. The molecule has 36 heavy (non-hydrogen) atoms. The van der Waals surface area contributed by atoms with Gasteiger partial charge in [-0.25, -0.2) is 0 Å². The van der Waals surface area contributed by atoms with Crippen molar-refractivity contribution in [1.29, 1.82) is 0 Å². The minimum Gasteiger partial charge on any atom is -0.496 e. The van der Waals surface area contributed by atoms with E-state index in [4.69, 9.17) is 9.47 Å². The van der Waals surface area contributed by atoms with E-state index in [2.05, 4.69) is 54.8 Å². The fourth-order valence-corrected chi connectivity index (χ4v) is 5.39. The lowest BCUT2D eigenvalue weighted by Crippen LogP contribution is -2.48. The summed E-state index contributed by atoms with van der Waals surface area (Å²) in [5, 5.41) is 0. The second-order valence-electron chi connectivity index (χ2n) is 10.6. The molecular weight excluding hydrogens is 450 g/mol. The maximum atomic E-state index is 13.2. The van der Waals surface area contributed by atoms with Gasteiger partial charge in [0.1, 0.15) is 11.5 Å². The lowest BCUT2D eigenvalue weighted by atomic mass is 9.99. The Morgan fingerprint density at radius 3 is 2.44 bits per heavy atom. The smallest absolute Gasteiger partial charge is 0.253 e. The van der Waals surface area contributed by atoms with E-state index in [1.54, 1.807) is 7.11 Å². The Bertz CT molecular complexity index is 983. The summed E-state index contributed by atoms with van der Waals surface area (Å²) in [6, 6.07) is 14.2. The van der Waals surface area contributed by atoms with Crippen LogP contribution >= 0.6 is 0 Å². The molecule has 0 aromatic heterocycles. The standard InChI is InChI=1S/C30H43N3O3/c1-23(2)28-21-25(8-13-29(28)35-4)30(34)33-18-16-32(17-19-33)26-9-11-27(12-10-26)36-20-6-15-31-14-5-7-24(3)22-31/h8-13,21,23-24H,5-7,14-20,22H2,1-4H3. The highest BCUT2D eigenvalue weighted by atomic mass is 16.5. The number of anilines is 1. The van der Waals surface area contributed by atoms with E-state index < -0.39 is 0 Å². The van der Waals surface area contributed by atoms with E-state index in [1.165, 1.54) is 31.6 Å². The molecule has 1 unspecified atom stereocenters. The summed E-state index contributed by atoms with van der Waals surface area (Å²) in [4.78, 5) is 20.0. The van der Waals surface area contributed by atoms with Crippen LogP contribution in [-0.4, -0.2) is 75.2 Å². The number of benzene rings is 2. The van der Waals surface area contributed by atoms with Crippen LogP contribution < -0.4 is 14.4 Å². The van der Waals surface area contributed by atoms with Crippen molar-refractivity contribution in [2.45, 2.75) is 46.0 Å². The summed E-state index contributed by atoms with van der Waals surface area (Å²) >= 11 is 0. The quantitative estimate of drug-likeness (QED) is 0.445. The molecule has 0 N–H and O–H groups in total. The van der Waals surface area contributed by atoms with Gasteiger partial charge in [0.25, 0.3) is 5.91 Å². The number of piperidine rings is 1. The first kappa shape index (κ1) is 26.3. The molecule has 0 bridgehead atoms. The van der Waals surface area contributed by atoms with Crippen LogP contribution in [0.2, 0.25) is 0 Å². The molecule has 0 saturated carbocycles. The third-order valence-corrected chi connectivity index (χ3v) is 7.50.